The van der Waals surface area contributed by atoms with Crippen molar-refractivity contribution in [1.29, 1.82) is 0 Å². The van der Waals surface area contributed by atoms with Crippen molar-refractivity contribution >= 4 is 17.8 Å². The molecule has 25 heavy (non-hydrogen) atoms. The number of esters is 1. The predicted octanol–water partition coefficient (Wildman–Crippen LogP) is 1.60. The lowest BCUT2D eigenvalue weighted by Crippen LogP contribution is -2.55. The first-order valence-corrected chi connectivity index (χ1v) is 7.78. The number of β-lactam (4-membered cyclic amide) rings is 1. The second kappa shape index (κ2) is 6.80. The van der Waals surface area contributed by atoms with Crippen LogP contribution in [0.1, 0.15) is 18.4 Å². The summed E-state index contributed by atoms with van der Waals surface area (Å²) in [5.41, 5.74) is 0.690. The fourth-order valence-electron chi connectivity index (χ4n) is 2.85. The van der Waals surface area contributed by atoms with Crippen LogP contribution in [0.3, 0.4) is 0 Å². The van der Waals surface area contributed by atoms with Gasteiger partial charge in [-0.2, -0.15) is 0 Å². The minimum Gasteiger partial charge on any atom is -0.478 e. The summed E-state index contributed by atoms with van der Waals surface area (Å²) >= 11 is 0. The summed E-state index contributed by atoms with van der Waals surface area (Å²) in [5.74, 6) is -2.24. The van der Waals surface area contributed by atoms with Crippen molar-refractivity contribution in [2.45, 2.75) is 31.7 Å². The average molecular weight is 343 g/mol. The number of nitrogens with zero attached hydrogens (tertiary/aromatic N) is 1. The van der Waals surface area contributed by atoms with Gasteiger partial charge in [-0.15, -0.1) is 6.58 Å². The number of amides is 1. The largest absolute Gasteiger partial charge is 0.478 e. The Bertz CT molecular complexity index is 754. The van der Waals surface area contributed by atoms with Crippen LogP contribution in [0.2, 0.25) is 0 Å². The second-order valence-electron chi connectivity index (χ2n) is 5.71. The van der Waals surface area contributed by atoms with Crippen LogP contribution in [0.25, 0.3) is 0 Å². The van der Waals surface area contributed by atoms with Crippen molar-refractivity contribution in [3.8, 4) is 0 Å². The van der Waals surface area contributed by atoms with Crippen LogP contribution in [0.15, 0.2) is 54.3 Å². The van der Waals surface area contributed by atoms with Crippen LogP contribution in [-0.4, -0.2) is 40.1 Å². The monoisotopic (exact) mass is 343 g/mol. The highest BCUT2D eigenvalue weighted by atomic mass is 16.6. The van der Waals surface area contributed by atoms with E-state index in [1.165, 1.54) is 11.0 Å². The van der Waals surface area contributed by atoms with Crippen molar-refractivity contribution < 1.29 is 29.0 Å². The molecular weight excluding hydrogens is 326 g/mol. The lowest BCUT2D eigenvalue weighted by Gasteiger charge is -2.33. The van der Waals surface area contributed by atoms with Crippen LogP contribution in [-0.2, 0) is 30.5 Å². The van der Waals surface area contributed by atoms with Gasteiger partial charge in [-0.1, -0.05) is 36.4 Å². The molecule has 2 aliphatic rings. The van der Waals surface area contributed by atoms with E-state index in [4.69, 9.17) is 9.47 Å². The smallest absolute Gasteiger partial charge is 0.337 e. The first-order chi connectivity index (χ1) is 12.0. The maximum Gasteiger partial charge on any atom is 0.337 e. The molecule has 1 aromatic carbocycles. The van der Waals surface area contributed by atoms with Gasteiger partial charge < -0.3 is 14.6 Å². The SMILES string of the molecule is C=CC/C(C(=O)O)=C1/OC2CC(=O)N2C1C(=O)OCc1ccccc1. The third-order valence-electron chi connectivity index (χ3n) is 4.09. The lowest BCUT2D eigenvalue weighted by molar-refractivity contribution is -0.166. The highest BCUT2D eigenvalue weighted by molar-refractivity contribution is 5.95. The summed E-state index contributed by atoms with van der Waals surface area (Å²) in [5, 5.41) is 9.39. The number of fused-ring (bicyclic) bond motifs is 1. The van der Waals surface area contributed by atoms with Crippen molar-refractivity contribution in [3.05, 3.63) is 59.9 Å². The second-order valence-corrected chi connectivity index (χ2v) is 5.71. The van der Waals surface area contributed by atoms with E-state index in [0.717, 1.165) is 5.56 Å². The Labute approximate surface area is 144 Å². The minimum atomic E-state index is -1.22. The normalized spacial score (nSPS) is 23.2. The fraction of sp³-hybridized carbons (Fsp3) is 0.278. The van der Waals surface area contributed by atoms with Gasteiger partial charge in [-0.3, -0.25) is 9.69 Å². The van der Waals surface area contributed by atoms with E-state index in [0.29, 0.717) is 0 Å². The van der Waals surface area contributed by atoms with Gasteiger partial charge in [0.1, 0.15) is 12.4 Å². The molecule has 1 N–H and O–H groups in total. The van der Waals surface area contributed by atoms with E-state index in [9.17, 15) is 19.5 Å². The van der Waals surface area contributed by atoms with Gasteiger partial charge in [0.25, 0.3) is 0 Å². The van der Waals surface area contributed by atoms with E-state index in [1.807, 2.05) is 18.2 Å². The van der Waals surface area contributed by atoms with E-state index >= 15 is 0 Å². The number of aliphatic carboxylic acids is 1. The highest BCUT2D eigenvalue weighted by Crippen LogP contribution is 2.39. The molecule has 2 heterocycles. The Morgan fingerprint density at radius 2 is 2.08 bits per heavy atom. The number of ether oxygens (including phenoxy) is 2. The van der Waals surface area contributed by atoms with E-state index in [-0.39, 0.29) is 36.7 Å². The Morgan fingerprint density at radius 3 is 2.68 bits per heavy atom. The first kappa shape index (κ1) is 16.8. The molecule has 0 aliphatic carbocycles. The summed E-state index contributed by atoms with van der Waals surface area (Å²) in [6.45, 7) is 3.55. The number of hydrogen-bond donors (Lipinski definition) is 1. The minimum absolute atomic E-state index is 0.0158. The molecular formula is C18H17NO6. The molecule has 0 saturated carbocycles. The van der Waals surface area contributed by atoms with Crippen molar-refractivity contribution in [2.24, 2.45) is 0 Å². The van der Waals surface area contributed by atoms with Gasteiger partial charge >= 0.3 is 11.9 Å². The Morgan fingerprint density at radius 1 is 1.36 bits per heavy atom. The molecule has 2 aliphatic heterocycles. The summed E-state index contributed by atoms with van der Waals surface area (Å²) in [6.07, 6.45) is 0.925. The zero-order valence-corrected chi connectivity index (χ0v) is 13.4. The van der Waals surface area contributed by atoms with Crippen molar-refractivity contribution in [2.75, 3.05) is 0 Å². The van der Waals surface area contributed by atoms with Crippen LogP contribution >= 0.6 is 0 Å². The number of rotatable bonds is 6. The Kier molecular flexibility index (Phi) is 4.56. The number of benzene rings is 1. The highest BCUT2D eigenvalue weighted by Gasteiger charge is 2.55. The fourth-order valence-corrected chi connectivity index (χ4v) is 2.85. The average Bonchev–Trinajstić information content (AvgIpc) is 2.90. The van der Waals surface area contributed by atoms with Gasteiger partial charge in [0.05, 0.1) is 12.0 Å². The number of hydrogen-bond acceptors (Lipinski definition) is 5. The van der Waals surface area contributed by atoms with Gasteiger partial charge in [-0.25, -0.2) is 9.59 Å². The molecule has 0 bridgehead atoms. The molecule has 2 saturated heterocycles. The molecule has 130 valence electrons. The quantitative estimate of drug-likeness (QED) is 0.365. The van der Waals surface area contributed by atoms with Gasteiger partial charge in [0.15, 0.2) is 12.3 Å². The molecule has 7 nitrogen and oxygen atoms in total. The van der Waals surface area contributed by atoms with Crippen LogP contribution in [0, 0.1) is 0 Å². The molecule has 0 radical (unpaired) electrons. The van der Waals surface area contributed by atoms with E-state index in [1.54, 1.807) is 12.1 Å². The standard InChI is InChI=1S/C18H17NO6/c1-2-6-12(17(21)22)16-15(19-13(20)9-14(19)25-16)18(23)24-10-11-7-4-3-5-8-11/h2-5,7-8,14-15H,1,6,9-10H2,(H,21,22)/b16-12-. The Balaban J connectivity index is 1.85. The number of carboxylic acid groups (broad SMARTS) is 1. The molecule has 0 aromatic heterocycles. The molecule has 2 atom stereocenters. The third-order valence-corrected chi connectivity index (χ3v) is 4.09. The number of allylic oxidation sites excluding steroid dienone is 1. The molecule has 2 unspecified atom stereocenters. The first-order valence-electron chi connectivity index (χ1n) is 7.78. The number of carboxylic acids is 1. The van der Waals surface area contributed by atoms with Crippen LogP contribution < -0.4 is 0 Å². The summed E-state index contributed by atoms with van der Waals surface area (Å²) in [6, 6.07) is 7.90. The van der Waals surface area contributed by atoms with Gasteiger partial charge in [0, 0.05) is 6.42 Å². The number of carbonyl (C=O) groups excluding carboxylic acids is 2. The molecule has 0 spiro atoms. The summed E-state index contributed by atoms with van der Waals surface area (Å²) < 4.78 is 10.8. The molecule has 3 rings (SSSR count). The molecule has 1 amide bonds. The number of carbonyl (C=O) groups is 3. The van der Waals surface area contributed by atoms with E-state index < -0.39 is 24.2 Å². The zero-order chi connectivity index (χ0) is 18.0. The van der Waals surface area contributed by atoms with Crippen molar-refractivity contribution in [3.63, 3.8) is 0 Å². The van der Waals surface area contributed by atoms with Gasteiger partial charge in [-0.05, 0) is 5.56 Å². The van der Waals surface area contributed by atoms with Crippen LogP contribution in [0.5, 0.6) is 0 Å². The van der Waals surface area contributed by atoms with Crippen molar-refractivity contribution in [1.82, 2.24) is 4.90 Å². The van der Waals surface area contributed by atoms with Gasteiger partial charge in [0.2, 0.25) is 5.91 Å². The lowest BCUT2D eigenvalue weighted by atomic mass is 10.0. The Hall–Kier alpha value is -3.09. The summed E-state index contributed by atoms with van der Waals surface area (Å²) in [7, 11) is 0. The van der Waals surface area contributed by atoms with Crippen LogP contribution in [0.4, 0.5) is 0 Å². The maximum absolute atomic E-state index is 12.5. The molecule has 1 aromatic rings. The maximum atomic E-state index is 12.5. The van der Waals surface area contributed by atoms with E-state index in [2.05, 4.69) is 6.58 Å². The summed E-state index contributed by atoms with van der Waals surface area (Å²) in [4.78, 5) is 37.1. The third kappa shape index (κ3) is 3.13. The topological polar surface area (TPSA) is 93.1 Å². The zero-order valence-electron chi connectivity index (χ0n) is 13.4. The molecule has 7 heteroatoms. The predicted molar refractivity (Wildman–Crippen MR) is 85.8 cm³/mol. The molecule has 2 fully saturated rings.